The molecule has 112 valence electrons. The van der Waals surface area contributed by atoms with Crippen LogP contribution in [0.5, 0.6) is 0 Å². The van der Waals surface area contributed by atoms with Crippen molar-refractivity contribution >= 4 is 27.4 Å². The molecule has 0 N–H and O–H groups in total. The highest BCUT2D eigenvalue weighted by Gasteiger charge is 2.24. The van der Waals surface area contributed by atoms with Gasteiger partial charge in [0.1, 0.15) is 16.5 Å². The molecular weight excluding hydrogens is 278 g/mol. The van der Waals surface area contributed by atoms with Crippen LogP contribution < -0.4 is 4.90 Å². The minimum absolute atomic E-state index is 0.930. The highest BCUT2D eigenvalue weighted by molar-refractivity contribution is 7.19. The zero-order valence-electron chi connectivity index (χ0n) is 12.8. The van der Waals surface area contributed by atoms with Crippen LogP contribution in [0, 0.1) is 0 Å². The SMILES string of the molecule is CCc1nc(N2CCCCCC2)c2c3c(sc2n1)CCC3. The number of rotatable bonds is 2. The smallest absolute Gasteiger partial charge is 0.141 e. The quantitative estimate of drug-likeness (QED) is 0.835. The van der Waals surface area contributed by atoms with E-state index < -0.39 is 0 Å². The van der Waals surface area contributed by atoms with Gasteiger partial charge in [-0.05, 0) is 37.7 Å². The van der Waals surface area contributed by atoms with Crippen molar-refractivity contribution in [1.29, 1.82) is 0 Å². The van der Waals surface area contributed by atoms with Crippen LogP contribution in [-0.4, -0.2) is 23.1 Å². The molecule has 3 nitrogen and oxygen atoms in total. The fraction of sp³-hybridized carbons (Fsp3) is 0.647. The summed E-state index contributed by atoms with van der Waals surface area (Å²) in [6, 6.07) is 0. The van der Waals surface area contributed by atoms with Gasteiger partial charge in [0.2, 0.25) is 0 Å². The minimum Gasteiger partial charge on any atom is -0.356 e. The van der Waals surface area contributed by atoms with Crippen molar-refractivity contribution in [3.8, 4) is 0 Å². The molecule has 3 heterocycles. The Morgan fingerprint density at radius 1 is 1.00 bits per heavy atom. The number of hydrogen-bond donors (Lipinski definition) is 0. The Hall–Kier alpha value is -1.16. The van der Waals surface area contributed by atoms with Gasteiger partial charge in [-0.3, -0.25) is 0 Å². The van der Waals surface area contributed by atoms with E-state index in [2.05, 4.69) is 11.8 Å². The molecule has 0 amide bonds. The number of anilines is 1. The minimum atomic E-state index is 0.930. The molecule has 2 aliphatic rings. The summed E-state index contributed by atoms with van der Waals surface area (Å²) in [6.07, 6.45) is 10.1. The maximum Gasteiger partial charge on any atom is 0.141 e. The highest BCUT2D eigenvalue weighted by atomic mass is 32.1. The van der Waals surface area contributed by atoms with E-state index in [1.54, 1.807) is 10.4 Å². The van der Waals surface area contributed by atoms with E-state index in [1.807, 2.05) is 11.3 Å². The first-order valence-electron chi connectivity index (χ1n) is 8.43. The Balaban J connectivity index is 1.88. The number of aryl methyl sites for hydroxylation is 3. The number of aromatic nitrogens is 2. The molecule has 0 atom stereocenters. The highest BCUT2D eigenvalue weighted by Crippen LogP contribution is 2.41. The van der Waals surface area contributed by atoms with Crippen LogP contribution in [-0.2, 0) is 19.3 Å². The lowest BCUT2D eigenvalue weighted by Gasteiger charge is -2.23. The molecule has 0 saturated carbocycles. The molecule has 1 aliphatic carbocycles. The summed E-state index contributed by atoms with van der Waals surface area (Å²) in [5, 5.41) is 1.40. The van der Waals surface area contributed by atoms with Gasteiger partial charge in [-0.15, -0.1) is 11.3 Å². The molecule has 0 bridgehead atoms. The molecule has 0 unspecified atom stereocenters. The van der Waals surface area contributed by atoms with Crippen molar-refractivity contribution in [3.63, 3.8) is 0 Å². The van der Waals surface area contributed by atoms with Crippen LogP contribution in [0.25, 0.3) is 10.2 Å². The number of hydrogen-bond acceptors (Lipinski definition) is 4. The standard InChI is InChI=1S/C17H23N3S/c1-2-14-18-16(20-10-5-3-4-6-11-20)15-12-8-7-9-13(12)21-17(15)19-14/h2-11H2,1H3. The lowest BCUT2D eigenvalue weighted by Crippen LogP contribution is -2.25. The molecule has 2 aromatic rings. The molecule has 1 saturated heterocycles. The lowest BCUT2D eigenvalue weighted by atomic mass is 10.1. The normalized spacial score (nSPS) is 19.0. The molecular formula is C17H23N3S. The molecule has 0 aromatic carbocycles. The van der Waals surface area contributed by atoms with E-state index in [-0.39, 0.29) is 0 Å². The fourth-order valence-corrected chi connectivity index (χ4v) is 4.96. The third kappa shape index (κ3) is 2.33. The van der Waals surface area contributed by atoms with Crippen LogP contribution in [0.15, 0.2) is 0 Å². The Morgan fingerprint density at radius 2 is 1.81 bits per heavy atom. The molecule has 1 fully saturated rings. The maximum atomic E-state index is 4.96. The summed E-state index contributed by atoms with van der Waals surface area (Å²) in [7, 11) is 0. The second kappa shape index (κ2) is 5.56. The third-order valence-electron chi connectivity index (χ3n) is 4.81. The van der Waals surface area contributed by atoms with Gasteiger partial charge < -0.3 is 4.90 Å². The van der Waals surface area contributed by atoms with Gasteiger partial charge >= 0.3 is 0 Å². The second-order valence-corrected chi connectivity index (χ2v) is 7.34. The van der Waals surface area contributed by atoms with Crippen molar-refractivity contribution < 1.29 is 0 Å². The number of thiophene rings is 1. The molecule has 4 rings (SSSR count). The summed E-state index contributed by atoms with van der Waals surface area (Å²) >= 11 is 1.92. The van der Waals surface area contributed by atoms with Crippen LogP contribution >= 0.6 is 11.3 Å². The second-order valence-electron chi connectivity index (χ2n) is 6.26. The third-order valence-corrected chi connectivity index (χ3v) is 6.00. The van der Waals surface area contributed by atoms with Crippen LogP contribution in [0.3, 0.4) is 0 Å². The largest absolute Gasteiger partial charge is 0.356 e. The van der Waals surface area contributed by atoms with E-state index >= 15 is 0 Å². The van der Waals surface area contributed by atoms with Crippen molar-refractivity contribution in [2.75, 3.05) is 18.0 Å². The summed E-state index contributed by atoms with van der Waals surface area (Å²) in [5.74, 6) is 2.26. The van der Waals surface area contributed by atoms with Gasteiger partial charge in [0.25, 0.3) is 0 Å². The van der Waals surface area contributed by atoms with Gasteiger partial charge in [0.05, 0.1) is 5.39 Å². The first kappa shape index (κ1) is 13.5. The average Bonchev–Trinajstić information content (AvgIpc) is 2.96. The summed E-state index contributed by atoms with van der Waals surface area (Å²) in [4.78, 5) is 15.1. The molecule has 4 heteroatoms. The monoisotopic (exact) mass is 301 g/mol. The van der Waals surface area contributed by atoms with Gasteiger partial charge in [0, 0.05) is 24.4 Å². The molecule has 21 heavy (non-hydrogen) atoms. The Labute approximate surface area is 130 Å². The van der Waals surface area contributed by atoms with Crippen molar-refractivity contribution in [1.82, 2.24) is 9.97 Å². The molecule has 0 radical (unpaired) electrons. The first-order chi connectivity index (χ1) is 10.4. The Bertz CT molecular complexity index is 654. The zero-order valence-corrected chi connectivity index (χ0v) is 13.6. The molecule has 2 aromatic heterocycles. The molecule has 0 spiro atoms. The fourth-order valence-electron chi connectivity index (χ4n) is 3.69. The predicted molar refractivity (Wildman–Crippen MR) is 89.5 cm³/mol. The van der Waals surface area contributed by atoms with E-state index in [0.717, 1.165) is 12.2 Å². The van der Waals surface area contributed by atoms with E-state index in [1.165, 1.54) is 74.1 Å². The van der Waals surface area contributed by atoms with Gasteiger partial charge in [0.15, 0.2) is 0 Å². The van der Waals surface area contributed by atoms with Gasteiger partial charge in [-0.1, -0.05) is 19.8 Å². The van der Waals surface area contributed by atoms with Crippen molar-refractivity contribution in [2.24, 2.45) is 0 Å². The van der Waals surface area contributed by atoms with E-state index in [4.69, 9.17) is 9.97 Å². The van der Waals surface area contributed by atoms with Crippen LogP contribution in [0.2, 0.25) is 0 Å². The number of fused-ring (bicyclic) bond motifs is 3. The summed E-state index contributed by atoms with van der Waals surface area (Å²) in [5.41, 5.74) is 1.57. The number of nitrogens with zero attached hydrogens (tertiary/aromatic N) is 3. The lowest BCUT2D eigenvalue weighted by molar-refractivity contribution is 0.726. The maximum absolute atomic E-state index is 4.96. The Kier molecular flexibility index (Phi) is 3.57. The van der Waals surface area contributed by atoms with Gasteiger partial charge in [-0.2, -0.15) is 0 Å². The predicted octanol–water partition coefficient (Wildman–Crippen LogP) is 4.12. The van der Waals surface area contributed by atoms with Crippen molar-refractivity contribution in [2.45, 2.75) is 58.3 Å². The topological polar surface area (TPSA) is 29.0 Å². The van der Waals surface area contributed by atoms with Crippen LogP contribution in [0.1, 0.15) is 55.3 Å². The first-order valence-corrected chi connectivity index (χ1v) is 9.24. The summed E-state index contributed by atoms with van der Waals surface area (Å²) in [6.45, 7) is 4.49. The van der Waals surface area contributed by atoms with Crippen LogP contribution in [0.4, 0.5) is 5.82 Å². The Morgan fingerprint density at radius 3 is 2.57 bits per heavy atom. The van der Waals surface area contributed by atoms with Gasteiger partial charge in [-0.25, -0.2) is 9.97 Å². The van der Waals surface area contributed by atoms with E-state index in [0.29, 0.717) is 0 Å². The van der Waals surface area contributed by atoms with E-state index in [9.17, 15) is 0 Å². The zero-order chi connectivity index (χ0) is 14.2. The summed E-state index contributed by atoms with van der Waals surface area (Å²) < 4.78 is 0. The molecule has 1 aliphatic heterocycles. The average molecular weight is 301 g/mol. The van der Waals surface area contributed by atoms with Crippen molar-refractivity contribution in [3.05, 3.63) is 16.3 Å².